The van der Waals surface area contributed by atoms with Crippen molar-refractivity contribution in [2.45, 2.75) is 0 Å². The summed E-state index contributed by atoms with van der Waals surface area (Å²) < 4.78 is 0.947. The van der Waals surface area contributed by atoms with Crippen LogP contribution in [0.15, 0.2) is 10.7 Å². The molecule has 0 aliphatic carbocycles. The molecule has 1 aliphatic rings. The topological polar surface area (TPSA) is 18.5 Å². The van der Waals surface area contributed by atoms with E-state index in [0.717, 1.165) is 4.48 Å². The van der Waals surface area contributed by atoms with Gasteiger partial charge in [-0.15, -0.1) is 0 Å². The van der Waals surface area contributed by atoms with Crippen LogP contribution in [-0.4, -0.2) is 6.61 Å². The minimum atomic E-state index is 0.542. The highest BCUT2D eigenvalue weighted by atomic mass is 79.9. The van der Waals surface area contributed by atoms with Gasteiger partial charge in [0.1, 0.15) is 12.9 Å². The largest absolute Gasteiger partial charge is 0.344 e. The molecular weight excluding hydrogens is 148 g/mol. The van der Waals surface area contributed by atoms with E-state index in [2.05, 4.69) is 25.7 Å². The Morgan fingerprint density at radius 3 is 2.83 bits per heavy atom. The smallest absolute Gasteiger partial charge is 0.142 e. The fourth-order valence-electron chi connectivity index (χ4n) is 0.211. The van der Waals surface area contributed by atoms with E-state index in [1.165, 1.54) is 6.26 Å². The third kappa shape index (κ3) is 0.725. The van der Waals surface area contributed by atoms with Crippen molar-refractivity contribution in [3.05, 3.63) is 10.7 Å². The van der Waals surface area contributed by atoms with Crippen LogP contribution in [0.2, 0.25) is 0 Å². The van der Waals surface area contributed by atoms with E-state index in [0.29, 0.717) is 6.61 Å². The van der Waals surface area contributed by atoms with Gasteiger partial charge < -0.3 is 4.89 Å². The Kier molecular flexibility index (Phi) is 1.12. The number of halogens is 1. The molecule has 2 nitrogen and oxygen atoms in total. The van der Waals surface area contributed by atoms with E-state index >= 15 is 0 Å². The van der Waals surface area contributed by atoms with E-state index in [-0.39, 0.29) is 0 Å². The van der Waals surface area contributed by atoms with E-state index in [1.807, 2.05) is 0 Å². The van der Waals surface area contributed by atoms with E-state index < -0.39 is 0 Å². The van der Waals surface area contributed by atoms with Crippen LogP contribution >= 0.6 is 15.9 Å². The third-order valence-corrected chi connectivity index (χ3v) is 0.857. The monoisotopic (exact) mass is 150 g/mol. The van der Waals surface area contributed by atoms with Crippen molar-refractivity contribution >= 4 is 15.9 Å². The standard InChI is InChI=1S/C3H3BrO2/c4-3-1-5-6-2-3/h1H,2H2. The SMILES string of the molecule is BrC1=COOC1. The van der Waals surface area contributed by atoms with Crippen molar-refractivity contribution in [2.24, 2.45) is 0 Å². The predicted molar refractivity (Wildman–Crippen MR) is 24.0 cm³/mol. The summed E-state index contributed by atoms with van der Waals surface area (Å²) >= 11 is 3.15. The molecular formula is C3H3BrO2. The second-order valence-corrected chi connectivity index (χ2v) is 1.94. The van der Waals surface area contributed by atoms with E-state index in [1.54, 1.807) is 0 Å². The summed E-state index contributed by atoms with van der Waals surface area (Å²) in [4.78, 5) is 8.77. The lowest BCUT2D eigenvalue weighted by Gasteiger charge is -1.80. The highest BCUT2D eigenvalue weighted by molar-refractivity contribution is 9.11. The van der Waals surface area contributed by atoms with E-state index in [9.17, 15) is 0 Å². The van der Waals surface area contributed by atoms with Crippen molar-refractivity contribution < 1.29 is 9.78 Å². The fraction of sp³-hybridized carbons (Fsp3) is 0.333. The molecule has 0 N–H and O–H groups in total. The maximum Gasteiger partial charge on any atom is 0.142 e. The van der Waals surface area contributed by atoms with Crippen LogP contribution in [0.5, 0.6) is 0 Å². The first-order chi connectivity index (χ1) is 2.89. The molecule has 0 bridgehead atoms. The third-order valence-electron chi connectivity index (χ3n) is 0.441. The van der Waals surface area contributed by atoms with Crippen molar-refractivity contribution in [3.8, 4) is 0 Å². The van der Waals surface area contributed by atoms with Gasteiger partial charge in [-0.2, -0.15) is 4.89 Å². The second-order valence-electron chi connectivity index (χ2n) is 0.923. The quantitative estimate of drug-likeness (QED) is 0.484. The zero-order chi connectivity index (χ0) is 4.41. The maximum atomic E-state index is 4.42. The summed E-state index contributed by atoms with van der Waals surface area (Å²) in [6.07, 6.45) is 1.51. The minimum absolute atomic E-state index is 0.542. The molecule has 0 aromatic rings. The number of hydrogen-bond donors (Lipinski definition) is 0. The summed E-state index contributed by atoms with van der Waals surface area (Å²) in [5.74, 6) is 0. The molecule has 6 heavy (non-hydrogen) atoms. The number of rotatable bonds is 0. The van der Waals surface area contributed by atoms with Gasteiger partial charge in [-0.1, -0.05) is 0 Å². The molecule has 34 valence electrons. The Hall–Kier alpha value is -0.0200. The highest BCUT2D eigenvalue weighted by Gasteiger charge is 1.99. The van der Waals surface area contributed by atoms with Crippen molar-refractivity contribution in [1.82, 2.24) is 0 Å². The minimum Gasteiger partial charge on any atom is -0.344 e. The number of hydrogen-bond acceptors (Lipinski definition) is 2. The van der Waals surface area contributed by atoms with Gasteiger partial charge in [0.15, 0.2) is 0 Å². The van der Waals surface area contributed by atoms with Crippen LogP contribution in [0.1, 0.15) is 0 Å². The average Bonchev–Trinajstić information content (AvgIpc) is 1.86. The summed E-state index contributed by atoms with van der Waals surface area (Å²) in [7, 11) is 0. The molecule has 0 unspecified atom stereocenters. The van der Waals surface area contributed by atoms with Crippen LogP contribution in [0.25, 0.3) is 0 Å². The lowest BCUT2D eigenvalue weighted by atomic mass is 10.7. The second kappa shape index (κ2) is 1.62. The Morgan fingerprint density at radius 2 is 2.67 bits per heavy atom. The molecule has 3 heteroatoms. The lowest BCUT2D eigenvalue weighted by molar-refractivity contribution is -0.221. The molecule has 0 atom stereocenters. The van der Waals surface area contributed by atoms with E-state index in [4.69, 9.17) is 0 Å². The molecule has 0 fully saturated rings. The lowest BCUT2D eigenvalue weighted by Crippen LogP contribution is -1.76. The van der Waals surface area contributed by atoms with Gasteiger partial charge in [-0.3, -0.25) is 0 Å². The van der Waals surface area contributed by atoms with Gasteiger partial charge >= 0.3 is 0 Å². The molecule has 0 aromatic heterocycles. The van der Waals surface area contributed by atoms with Gasteiger partial charge in [-0.05, 0) is 15.9 Å². The highest BCUT2D eigenvalue weighted by Crippen LogP contribution is 2.10. The molecule has 1 heterocycles. The van der Waals surface area contributed by atoms with Crippen molar-refractivity contribution in [1.29, 1.82) is 0 Å². The maximum absolute atomic E-state index is 4.42. The summed E-state index contributed by atoms with van der Waals surface area (Å²) in [6.45, 7) is 0.542. The summed E-state index contributed by atoms with van der Waals surface area (Å²) in [6, 6.07) is 0. The van der Waals surface area contributed by atoms with Crippen LogP contribution in [0.3, 0.4) is 0 Å². The van der Waals surface area contributed by atoms with Gasteiger partial charge in [-0.25, -0.2) is 0 Å². The van der Waals surface area contributed by atoms with Crippen LogP contribution < -0.4 is 0 Å². The van der Waals surface area contributed by atoms with Crippen LogP contribution in [0.4, 0.5) is 0 Å². The van der Waals surface area contributed by atoms with Gasteiger partial charge in [0.25, 0.3) is 0 Å². The molecule has 1 aliphatic heterocycles. The van der Waals surface area contributed by atoms with Crippen molar-refractivity contribution in [2.75, 3.05) is 6.61 Å². The molecule has 1 rings (SSSR count). The first-order valence-corrected chi connectivity index (χ1v) is 2.32. The molecule has 0 saturated carbocycles. The summed E-state index contributed by atoms with van der Waals surface area (Å²) in [5.41, 5.74) is 0. The fourth-order valence-corrected chi connectivity index (χ4v) is 0.380. The molecule has 0 amide bonds. The predicted octanol–water partition coefficient (Wildman–Crippen LogP) is 1.18. The van der Waals surface area contributed by atoms with Crippen molar-refractivity contribution in [3.63, 3.8) is 0 Å². The van der Waals surface area contributed by atoms with Gasteiger partial charge in [0.2, 0.25) is 0 Å². The van der Waals surface area contributed by atoms with Gasteiger partial charge in [0.05, 0.1) is 4.48 Å². The Bertz CT molecular complexity index is 78.9. The molecule has 0 aromatic carbocycles. The molecule has 0 radical (unpaired) electrons. The van der Waals surface area contributed by atoms with Gasteiger partial charge in [0, 0.05) is 0 Å². The molecule has 0 spiro atoms. The Labute approximate surface area is 43.8 Å². The first-order valence-electron chi connectivity index (χ1n) is 1.52. The van der Waals surface area contributed by atoms with Crippen LogP contribution in [-0.2, 0) is 9.78 Å². The normalized spacial score (nSPS) is 19.8. The Balaban J connectivity index is 2.45. The average molecular weight is 151 g/mol. The summed E-state index contributed by atoms with van der Waals surface area (Å²) in [5, 5.41) is 0. The van der Waals surface area contributed by atoms with Crippen LogP contribution in [0, 0.1) is 0 Å². The first kappa shape index (κ1) is 4.15. The zero-order valence-electron chi connectivity index (χ0n) is 2.98. The zero-order valence-corrected chi connectivity index (χ0v) is 4.56. The Morgan fingerprint density at radius 1 is 1.83 bits per heavy atom. The molecule has 0 saturated heterocycles.